The molecule has 1 atom stereocenters. The highest BCUT2D eigenvalue weighted by molar-refractivity contribution is 6.07. The standard InChI is InChI=1S/C18H26N4O3/c1-13(2)21(4)12-15(23)20-22-16(24)18(3,19-17(22)25)11-10-14-8-6-5-7-9-14/h5-9,13H,10-12H2,1-4H3,(H,19,25)(H,20,23). The topological polar surface area (TPSA) is 81.8 Å². The number of likely N-dealkylation sites (N-methyl/N-ethyl adjacent to an activating group) is 1. The van der Waals surface area contributed by atoms with Crippen molar-refractivity contribution in [1.29, 1.82) is 0 Å². The number of benzene rings is 1. The van der Waals surface area contributed by atoms with Crippen LogP contribution >= 0.6 is 0 Å². The first-order chi connectivity index (χ1) is 11.7. The molecule has 136 valence electrons. The molecule has 0 aliphatic carbocycles. The Morgan fingerprint density at radius 2 is 1.92 bits per heavy atom. The van der Waals surface area contributed by atoms with Gasteiger partial charge in [-0.3, -0.25) is 19.9 Å². The number of urea groups is 1. The van der Waals surface area contributed by atoms with Crippen LogP contribution in [0.5, 0.6) is 0 Å². The number of hydrogen-bond donors (Lipinski definition) is 2. The van der Waals surface area contributed by atoms with E-state index in [1.807, 2.05) is 49.1 Å². The average molecular weight is 346 g/mol. The quantitative estimate of drug-likeness (QED) is 0.729. The third-order valence-corrected chi connectivity index (χ3v) is 4.53. The lowest BCUT2D eigenvalue weighted by molar-refractivity contribution is -0.139. The number of carbonyl (C=O) groups excluding carboxylic acids is 3. The van der Waals surface area contributed by atoms with Gasteiger partial charge in [-0.15, -0.1) is 0 Å². The first kappa shape index (κ1) is 18.9. The van der Waals surface area contributed by atoms with Crippen molar-refractivity contribution in [3.63, 3.8) is 0 Å². The molecule has 7 heteroatoms. The SMILES string of the molecule is CC(C)N(C)CC(=O)NN1C(=O)NC(C)(CCc2ccccc2)C1=O. The molecule has 1 fully saturated rings. The van der Waals surface area contributed by atoms with Crippen molar-refractivity contribution in [1.82, 2.24) is 20.7 Å². The van der Waals surface area contributed by atoms with Gasteiger partial charge in [-0.25, -0.2) is 4.79 Å². The fourth-order valence-corrected chi connectivity index (χ4v) is 2.56. The third-order valence-electron chi connectivity index (χ3n) is 4.53. The lowest BCUT2D eigenvalue weighted by Crippen LogP contribution is -2.51. The minimum absolute atomic E-state index is 0.107. The monoisotopic (exact) mass is 346 g/mol. The van der Waals surface area contributed by atoms with Crippen molar-refractivity contribution in [2.24, 2.45) is 0 Å². The van der Waals surface area contributed by atoms with Crippen LogP contribution in [0.3, 0.4) is 0 Å². The third kappa shape index (κ3) is 4.57. The molecule has 2 N–H and O–H groups in total. The van der Waals surface area contributed by atoms with Crippen LogP contribution in [0.4, 0.5) is 4.79 Å². The van der Waals surface area contributed by atoms with E-state index >= 15 is 0 Å². The normalized spacial score (nSPS) is 20.3. The Morgan fingerprint density at radius 1 is 1.28 bits per heavy atom. The van der Waals surface area contributed by atoms with Gasteiger partial charge in [0.2, 0.25) is 0 Å². The van der Waals surface area contributed by atoms with Gasteiger partial charge in [0, 0.05) is 6.04 Å². The molecule has 1 aromatic carbocycles. The number of imide groups is 1. The van der Waals surface area contributed by atoms with Gasteiger partial charge in [-0.2, -0.15) is 5.01 Å². The van der Waals surface area contributed by atoms with Crippen molar-refractivity contribution in [3.8, 4) is 0 Å². The number of amides is 4. The van der Waals surface area contributed by atoms with Gasteiger partial charge in [0.05, 0.1) is 6.54 Å². The van der Waals surface area contributed by atoms with Crippen LogP contribution in [0.2, 0.25) is 0 Å². The summed E-state index contributed by atoms with van der Waals surface area (Å²) in [6.45, 7) is 5.71. The molecule has 0 aromatic heterocycles. The Balaban J connectivity index is 1.97. The molecule has 25 heavy (non-hydrogen) atoms. The summed E-state index contributed by atoms with van der Waals surface area (Å²) in [5.74, 6) is -0.832. The summed E-state index contributed by atoms with van der Waals surface area (Å²) in [6, 6.07) is 9.34. The van der Waals surface area contributed by atoms with Crippen LogP contribution in [-0.2, 0) is 16.0 Å². The fraction of sp³-hybridized carbons (Fsp3) is 0.500. The lowest BCUT2D eigenvalue weighted by atomic mass is 9.93. The molecule has 1 aromatic rings. The zero-order valence-corrected chi connectivity index (χ0v) is 15.2. The minimum atomic E-state index is -1.02. The first-order valence-electron chi connectivity index (χ1n) is 8.43. The second-order valence-electron chi connectivity index (χ2n) is 6.93. The van der Waals surface area contributed by atoms with E-state index in [9.17, 15) is 14.4 Å². The summed E-state index contributed by atoms with van der Waals surface area (Å²) < 4.78 is 0. The molecule has 7 nitrogen and oxygen atoms in total. The summed E-state index contributed by atoms with van der Waals surface area (Å²) in [5, 5.41) is 3.48. The molecule has 1 unspecified atom stereocenters. The molecule has 1 aliphatic heterocycles. The summed E-state index contributed by atoms with van der Waals surface area (Å²) in [5.41, 5.74) is 2.47. The zero-order chi connectivity index (χ0) is 18.6. The molecule has 0 bridgehead atoms. The molecule has 0 spiro atoms. The van der Waals surface area contributed by atoms with Crippen LogP contribution in [0.1, 0.15) is 32.8 Å². The molecule has 1 saturated heterocycles. The number of aryl methyl sites for hydroxylation is 1. The van der Waals surface area contributed by atoms with Crippen molar-refractivity contribution in [3.05, 3.63) is 35.9 Å². The van der Waals surface area contributed by atoms with E-state index in [1.54, 1.807) is 14.0 Å². The van der Waals surface area contributed by atoms with Crippen LogP contribution in [0.25, 0.3) is 0 Å². The Labute approximate surface area is 148 Å². The number of hydrogen-bond acceptors (Lipinski definition) is 4. The Hall–Kier alpha value is -2.41. The maximum absolute atomic E-state index is 12.6. The summed E-state index contributed by atoms with van der Waals surface area (Å²) in [6.07, 6.45) is 1.11. The van der Waals surface area contributed by atoms with Crippen molar-refractivity contribution >= 4 is 17.8 Å². The van der Waals surface area contributed by atoms with Crippen LogP contribution in [-0.4, -0.2) is 52.9 Å². The van der Waals surface area contributed by atoms with Gasteiger partial charge < -0.3 is 5.32 Å². The molecule has 4 amide bonds. The van der Waals surface area contributed by atoms with Crippen LogP contribution in [0, 0.1) is 0 Å². The average Bonchev–Trinajstić information content (AvgIpc) is 2.77. The van der Waals surface area contributed by atoms with E-state index in [0.29, 0.717) is 12.8 Å². The van der Waals surface area contributed by atoms with Crippen molar-refractivity contribution in [2.45, 2.75) is 45.2 Å². The number of rotatable bonds is 7. The van der Waals surface area contributed by atoms with E-state index < -0.39 is 23.4 Å². The van der Waals surface area contributed by atoms with E-state index in [4.69, 9.17) is 0 Å². The van der Waals surface area contributed by atoms with Gasteiger partial charge in [0.15, 0.2) is 0 Å². The molecule has 0 saturated carbocycles. The summed E-state index contributed by atoms with van der Waals surface area (Å²) in [4.78, 5) is 38.7. The second-order valence-corrected chi connectivity index (χ2v) is 6.93. The second kappa shape index (κ2) is 7.65. The van der Waals surface area contributed by atoms with E-state index in [2.05, 4.69) is 10.7 Å². The maximum Gasteiger partial charge on any atom is 0.344 e. The first-order valence-corrected chi connectivity index (χ1v) is 8.43. The van der Waals surface area contributed by atoms with E-state index in [-0.39, 0.29) is 12.6 Å². The molecule has 1 heterocycles. The van der Waals surface area contributed by atoms with Gasteiger partial charge in [0.1, 0.15) is 5.54 Å². The highest BCUT2D eigenvalue weighted by atomic mass is 16.2. The van der Waals surface area contributed by atoms with Crippen LogP contribution in [0.15, 0.2) is 30.3 Å². The molecular formula is C18H26N4O3. The molecule has 1 aliphatic rings. The van der Waals surface area contributed by atoms with Crippen molar-refractivity contribution in [2.75, 3.05) is 13.6 Å². The van der Waals surface area contributed by atoms with Gasteiger partial charge in [-0.1, -0.05) is 30.3 Å². The minimum Gasteiger partial charge on any atom is -0.322 e. The smallest absolute Gasteiger partial charge is 0.322 e. The Kier molecular flexibility index (Phi) is 5.79. The Morgan fingerprint density at radius 3 is 2.52 bits per heavy atom. The predicted molar refractivity (Wildman–Crippen MR) is 94.5 cm³/mol. The highest BCUT2D eigenvalue weighted by Gasteiger charge is 2.48. The predicted octanol–water partition coefficient (Wildman–Crippen LogP) is 1.30. The summed E-state index contributed by atoms with van der Waals surface area (Å²) >= 11 is 0. The maximum atomic E-state index is 12.6. The molecule has 2 rings (SSSR count). The number of nitrogens with one attached hydrogen (secondary N) is 2. The van der Waals surface area contributed by atoms with Gasteiger partial charge in [-0.05, 0) is 46.2 Å². The highest BCUT2D eigenvalue weighted by Crippen LogP contribution is 2.22. The lowest BCUT2D eigenvalue weighted by Gasteiger charge is -2.23. The Bertz CT molecular complexity index is 647. The van der Waals surface area contributed by atoms with Gasteiger partial charge >= 0.3 is 6.03 Å². The number of carbonyl (C=O) groups is 3. The van der Waals surface area contributed by atoms with Gasteiger partial charge in [0.25, 0.3) is 11.8 Å². The van der Waals surface area contributed by atoms with E-state index in [1.165, 1.54) is 0 Å². The van der Waals surface area contributed by atoms with E-state index in [0.717, 1.165) is 10.6 Å². The molecule has 0 radical (unpaired) electrons. The largest absolute Gasteiger partial charge is 0.344 e. The fourth-order valence-electron chi connectivity index (χ4n) is 2.56. The summed E-state index contributed by atoms with van der Waals surface area (Å²) in [7, 11) is 1.81. The van der Waals surface area contributed by atoms with Crippen LogP contribution < -0.4 is 10.7 Å². The number of nitrogens with zero attached hydrogens (tertiary/aromatic N) is 2. The number of hydrazine groups is 1. The van der Waals surface area contributed by atoms with Crippen molar-refractivity contribution < 1.29 is 14.4 Å². The molecular weight excluding hydrogens is 320 g/mol. The zero-order valence-electron chi connectivity index (χ0n) is 15.2.